The number of thiazole rings is 1. The molecule has 2 aromatic heterocycles. The average Bonchev–Trinajstić information content (AvgIpc) is 3.20. The summed E-state index contributed by atoms with van der Waals surface area (Å²) in [7, 11) is 1.61. The molecule has 0 aliphatic rings. The summed E-state index contributed by atoms with van der Waals surface area (Å²) >= 11 is 1.29. The van der Waals surface area contributed by atoms with E-state index >= 15 is 0 Å². The maximum absolute atomic E-state index is 12.7. The lowest BCUT2D eigenvalue weighted by Gasteiger charge is -2.04. The average molecular weight is 379 g/mol. The highest BCUT2D eigenvalue weighted by molar-refractivity contribution is 7.15. The van der Waals surface area contributed by atoms with Crippen molar-refractivity contribution in [3.05, 3.63) is 68.0 Å². The lowest BCUT2D eigenvalue weighted by atomic mass is 10.1. The van der Waals surface area contributed by atoms with Gasteiger partial charge in [-0.15, -0.1) is 5.10 Å². The SMILES string of the molecule is COc1ccc(-c2nc3sc(=Cc4cc(C)c(O)c(C)c4)c(=O)n3n2)cc1. The maximum atomic E-state index is 12.7. The molecule has 136 valence electrons. The smallest absolute Gasteiger partial charge is 0.291 e. The number of aryl methyl sites for hydroxylation is 2. The van der Waals surface area contributed by atoms with Gasteiger partial charge in [0.15, 0.2) is 5.82 Å². The third-order valence-corrected chi connectivity index (χ3v) is 5.30. The Balaban J connectivity index is 1.77. The van der Waals surface area contributed by atoms with Crippen molar-refractivity contribution in [3.8, 4) is 22.9 Å². The van der Waals surface area contributed by atoms with Crippen molar-refractivity contribution in [2.24, 2.45) is 0 Å². The van der Waals surface area contributed by atoms with Crippen molar-refractivity contribution in [1.29, 1.82) is 0 Å². The van der Waals surface area contributed by atoms with E-state index in [1.54, 1.807) is 13.2 Å². The van der Waals surface area contributed by atoms with Gasteiger partial charge in [-0.3, -0.25) is 4.79 Å². The van der Waals surface area contributed by atoms with Crippen LogP contribution in [0.3, 0.4) is 0 Å². The van der Waals surface area contributed by atoms with Crippen molar-refractivity contribution < 1.29 is 9.84 Å². The number of ether oxygens (including phenoxy) is 1. The van der Waals surface area contributed by atoms with Gasteiger partial charge in [0.1, 0.15) is 11.5 Å². The van der Waals surface area contributed by atoms with E-state index in [4.69, 9.17) is 4.74 Å². The number of benzene rings is 2. The molecule has 2 heterocycles. The van der Waals surface area contributed by atoms with Crippen LogP contribution in [-0.2, 0) is 0 Å². The summed E-state index contributed by atoms with van der Waals surface area (Å²) in [5.74, 6) is 1.53. The standard InChI is InChI=1S/C20H17N3O3S/c1-11-8-13(9-12(2)17(11)24)10-16-19(25)23-20(27-16)21-18(22-23)14-4-6-15(26-3)7-5-14/h4-10,24H,1-3H3. The molecular formula is C20H17N3O3S. The first-order valence-electron chi connectivity index (χ1n) is 8.32. The number of hydrogen-bond donors (Lipinski definition) is 1. The van der Waals surface area contributed by atoms with Crippen LogP contribution in [0.15, 0.2) is 41.2 Å². The number of fused-ring (bicyclic) bond motifs is 1. The quantitative estimate of drug-likeness (QED) is 0.592. The van der Waals surface area contributed by atoms with Crippen LogP contribution in [0.1, 0.15) is 16.7 Å². The van der Waals surface area contributed by atoms with Crippen molar-refractivity contribution in [2.45, 2.75) is 13.8 Å². The van der Waals surface area contributed by atoms with Crippen LogP contribution in [0.2, 0.25) is 0 Å². The van der Waals surface area contributed by atoms with Gasteiger partial charge in [0, 0.05) is 5.56 Å². The summed E-state index contributed by atoms with van der Waals surface area (Å²) in [5, 5.41) is 14.3. The fraction of sp³-hybridized carbons (Fsp3) is 0.150. The summed E-state index contributed by atoms with van der Waals surface area (Å²) in [4.78, 5) is 17.7. The highest BCUT2D eigenvalue weighted by Crippen LogP contribution is 2.23. The number of aromatic hydroxyl groups is 1. The molecule has 1 N–H and O–H groups in total. The van der Waals surface area contributed by atoms with Gasteiger partial charge in [-0.2, -0.15) is 9.50 Å². The number of phenols is 1. The Bertz CT molecular complexity index is 1230. The molecule has 0 aliphatic heterocycles. The third-order valence-electron chi connectivity index (χ3n) is 4.34. The Kier molecular flexibility index (Phi) is 4.16. The first-order valence-corrected chi connectivity index (χ1v) is 9.14. The van der Waals surface area contributed by atoms with Gasteiger partial charge in [0.25, 0.3) is 5.56 Å². The van der Waals surface area contributed by atoms with E-state index < -0.39 is 0 Å². The fourth-order valence-corrected chi connectivity index (χ4v) is 3.83. The zero-order valence-electron chi connectivity index (χ0n) is 15.1. The molecule has 0 amide bonds. The van der Waals surface area contributed by atoms with E-state index in [0.717, 1.165) is 28.0 Å². The fourth-order valence-electron chi connectivity index (χ4n) is 2.92. The first-order chi connectivity index (χ1) is 13.0. The highest BCUT2D eigenvalue weighted by Gasteiger charge is 2.12. The van der Waals surface area contributed by atoms with Crippen molar-refractivity contribution in [2.75, 3.05) is 7.11 Å². The number of phenolic OH excluding ortho intramolecular Hbond substituents is 1. The van der Waals surface area contributed by atoms with Gasteiger partial charge in [-0.1, -0.05) is 11.3 Å². The molecule has 0 unspecified atom stereocenters. The van der Waals surface area contributed by atoms with Gasteiger partial charge in [-0.05, 0) is 73.0 Å². The van der Waals surface area contributed by atoms with Gasteiger partial charge in [0.05, 0.1) is 11.6 Å². The molecule has 0 spiro atoms. The van der Waals surface area contributed by atoms with Gasteiger partial charge in [-0.25, -0.2) is 0 Å². The molecular weight excluding hydrogens is 362 g/mol. The van der Waals surface area contributed by atoms with Crippen LogP contribution in [-0.4, -0.2) is 26.8 Å². The number of nitrogens with zero attached hydrogens (tertiary/aromatic N) is 3. The van der Waals surface area contributed by atoms with E-state index in [1.807, 2.05) is 50.2 Å². The summed E-state index contributed by atoms with van der Waals surface area (Å²) in [5.41, 5.74) is 3.02. The Hall–Kier alpha value is -3.19. The second-order valence-corrected chi connectivity index (χ2v) is 7.29. The lowest BCUT2D eigenvalue weighted by molar-refractivity contribution is 0.415. The molecule has 0 radical (unpaired) electrons. The summed E-state index contributed by atoms with van der Waals surface area (Å²) in [6.45, 7) is 3.67. The summed E-state index contributed by atoms with van der Waals surface area (Å²) < 4.78 is 7.03. The van der Waals surface area contributed by atoms with E-state index in [-0.39, 0.29) is 11.3 Å². The number of aromatic nitrogens is 3. The molecule has 0 saturated carbocycles. The number of rotatable bonds is 3. The summed E-state index contributed by atoms with van der Waals surface area (Å²) in [6.07, 6.45) is 1.80. The summed E-state index contributed by atoms with van der Waals surface area (Å²) in [6, 6.07) is 11.1. The second-order valence-electron chi connectivity index (χ2n) is 6.28. The molecule has 0 aliphatic carbocycles. The third kappa shape index (κ3) is 3.06. The first kappa shape index (κ1) is 17.2. The van der Waals surface area contributed by atoms with Gasteiger partial charge < -0.3 is 9.84 Å². The normalized spacial score (nSPS) is 12.0. The Morgan fingerprint density at radius 3 is 2.41 bits per heavy atom. The largest absolute Gasteiger partial charge is 0.507 e. The molecule has 7 heteroatoms. The molecule has 2 aromatic carbocycles. The minimum atomic E-state index is -0.203. The molecule has 0 saturated heterocycles. The van der Waals surface area contributed by atoms with Gasteiger partial charge >= 0.3 is 0 Å². The van der Waals surface area contributed by atoms with Crippen molar-refractivity contribution in [1.82, 2.24) is 14.6 Å². The van der Waals surface area contributed by atoms with Crippen LogP contribution in [0, 0.1) is 13.8 Å². The molecule has 0 fully saturated rings. The van der Waals surface area contributed by atoms with Crippen LogP contribution >= 0.6 is 11.3 Å². The van der Waals surface area contributed by atoms with Crippen molar-refractivity contribution >= 4 is 22.4 Å². The Morgan fingerprint density at radius 2 is 1.81 bits per heavy atom. The van der Waals surface area contributed by atoms with E-state index in [0.29, 0.717) is 15.3 Å². The Morgan fingerprint density at radius 1 is 1.15 bits per heavy atom. The zero-order valence-corrected chi connectivity index (χ0v) is 15.9. The maximum Gasteiger partial charge on any atom is 0.291 e. The van der Waals surface area contributed by atoms with Crippen LogP contribution in [0.25, 0.3) is 22.4 Å². The molecule has 4 aromatic rings. The Labute approximate surface area is 159 Å². The van der Waals surface area contributed by atoms with Gasteiger partial charge in [0.2, 0.25) is 4.96 Å². The predicted molar refractivity (Wildman–Crippen MR) is 105 cm³/mol. The van der Waals surface area contributed by atoms with E-state index in [9.17, 15) is 9.90 Å². The molecule has 0 atom stereocenters. The number of methoxy groups -OCH3 is 1. The zero-order chi connectivity index (χ0) is 19.1. The second kappa shape index (κ2) is 6.51. The van der Waals surface area contributed by atoms with E-state index in [1.165, 1.54) is 15.9 Å². The molecule has 4 rings (SSSR count). The minimum absolute atomic E-state index is 0.203. The minimum Gasteiger partial charge on any atom is -0.507 e. The molecule has 27 heavy (non-hydrogen) atoms. The molecule has 6 nitrogen and oxygen atoms in total. The van der Waals surface area contributed by atoms with Crippen molar-refractivity contribution in [3.63, 3.8) is 0 Å². The lowest BCUT2D eigenvalue weighted by Crippen LogP contribution is -2.23. The number of hydrogen-bond acceptors (Lipinski definition) is 6. The van der Waals surface area contributed by atoms with Crippen LogP contribution in [0.4, 0.5) is 0 Å². The van der Waals surface area contributed by atoms with E-state index in [2.05, 4.69) is 10.1 Å². The highest BCUT2D eigenvalue weighted by atomic mass is 32.1. The van der Waals surface area contributed by atoms with Crippen LogP contribution in [0.5, 0.6) is 11.5 Å². The molecule has 0 bridgehead atoms. The van der Waals surface area contributed by atoms with Crippen LogP contribution < -0.4 is 14.8 Å². The topological polar surface area (TPSA) is 76.7 Å². The monoisotopic (exact) mass is 379 g/mol. The predicted octanol–water partition coefficient (Wildman–Crippen LogP) is 2.70.